The van der Waals surface area contributed by atoms with Crippen molar-refractivity contribution < 1.29 is 28.2 Å². The monoisotopic (exact) mass is 461 g/mol. The molecule has 1 aliphatic heterocycles. The van der Waals surface area contributed by atoms with E-state index in [-0.39, 0.29) is 12.4 Å². The fraction of sp³-hybridized carbons (Fsp3) is 0.231. The van der Waals surface area contributed by atoms with Crippen molar-refractivity contribution in [3.05, 3.63) is 69.6 Å². The van der Waals surface area contributed by atoms with Crippen molar-refractivity contribution in [2.45, 2.75) is 13.5 Å². The van der Waals surface area contributed by atoms with E-state index in [9.17, 15) is 9.59 Å². The van der Waals surface area contributed by atoms with Gasteiger partial charge in [0.05, 0.1) is 38.0 Å². The average molecular weight is 461 g/mol. The number of carbonyl (C=O) groups is 1. The molecule has 1 aliphatic rings. The van der Waals surface area contributed by atoms with Crippen LogP contribution >= 0.6 is 0 Å². The van der Waals surface area contributed by atoms with E-state index in [1.165, 1.54) is 21.3 Å². The maximum atomic E-state index is 12.6. The highest BCUT2D eigenvalue weighted by molar-refractivity contribution is 6.06. The Balaban J connectivity index is 1.67. The molecule has 4 aromatic rings. The minimum absolute atomic E-state index is 0.177. The number of fused-ring (bicyclic) bond motifs is 4. The molecule has 8 nitrogen and oxygen atoms in total. The summed E-state index contributed by atoms with van der Waals surface area (Å²) in [6.07, 6.45) is 0. The van der Waals surface area contributed by atoms with Crippen LogP contribution in [0.3, 0.4) is 0 Å². The van der Waals surface area contributed by atoms with Crippen LogP contribution in [0.2, 0.25) is 0 Å². The van der Waals surface area contributed by atoms with Crippen molar-refractivity contribution in [3.8, 4) is 17.2 Å². The molecule has 0 N–H and O–H groups in total. The number of anilines is 1. The SMILES string of the molecule is COC(=O)c1cc(OC)c(OC)cc1N1COc2c(cc3c(oc(=O)c4ccccc43)c2C)C1. The van der Waals surface area contributed by atoms with E-state index in [0.29, 0.717) is 46.0 Å². The summed E-state index contributed by atoms with van der Waals surface area (Å²) in [4.78, 5) is 27.0. The van der Waals surface area contributed by atoms with Crippen molar-refractivity contribution in [2.75, 3.05) is 33.0 Å². The van der Waals surface area contributed by atoms with Gasteiger partial charge in [-0.3, -0.25) is 0 Å². The highest BCUT2D eigenvalue weighted by atomic mass is 16.5. The molecule has 0 aliphatic carbocycles. The zero-order chi connectivity index (χ0) is 24.0. The molecule has 0 amide bonds. The van der Waals surface area contributed by atoms with Gasteiger partial charge in [-0.05, 0) is 24.4 Å². The van der Waals surface area contributed by atoms with Crippen LogP contribution < -0.4 is 24.7 Å². The Hall–Kier alpha value is -4.20. The molecule has 0 radical (unpaired) electrons. The van der Waals surface area contributed by atoms with Gasteiger partial charge in [0.15, 0.2) is 18.2 Å². The summed E-state index contributed by atoms with van der Waals surface area (Å²) in [5.41, 5.74) is 2.73. The molecule has 0 atom stereocenters. The molecule has 3 aromatic carbocycles. The summed E-state index contributed by atoms with van der Waals surface area (Å²) in [6, 6.07) is 12.7. The molecule has 0 bridgehead atoms. The lowest BCUT2D eigenvalue weighted by atomic mass is 9.99. The molecule has 1 aromatic heterocycles. The highest BCUT2D eigenvalue weighted by Crippen LogP contribution is 2.41. The van der Waals surface area contributed by atoms with Crippen LogP contribution in [-0.4, -0.2) is 34.0 Å². The molecule has 34 heavy (non-hydrogen) atoms. The van der Waals surface area contributed by atoms with Crippen molar-refractivity contribution in [2.24, 2.45) is 0 Å². The smallest absolute Gasteiger partial charge is 0.344 e. The standard InChI is InChI=1S/C26H23NO7/c1-14-23-15(9-18-16-7-5-6-8-17(16)26(29)34-24(14)18)12-27(13-33-23)20-11-22(31-3)21(30-2)10-19(20)25(28)32-4/h5-11H,12-13H2,1-4H3. The third-order valence-corrected chi connectivity index (χ3v) is 6.14. The predicted octanol–water partition coefficient (Wildman–Crippen LogP) is 4.41. The average Bonchev–Trinajstić information content (AvgIpc) is 2.88. The molecule has 174 valence electrons. The summed E-state index contributed by atoms with van der Waals surface area (Å²) < 4.78 is 27.6. The third-order valence-electron chi connectivity index (χ3n) is 6.14. The Morgan fingerprint density at radius 3 is 2.38 bits per heavy atom. The molecule has 0 spiro atoms. The van der Waals surface area contributed by atoms with Gasteiger partial charge in [0, 0.05) is 35.2 Å². The van der Waals surface area contributed by atoms with Crippen LogP contribution in [0, 0.1) is 6.92 Å². The number of nitrogens with zero attached hydrogens (tertiary/aromatic N) is 1. The summed E-state index contributed by atoms with van der Waals surface area (Å²) in [6.45, 7) is 2.51. The number of hydrogen-bond donors (Lipinski definition) is 0. The van der Waals surface area contributed by atoms with E-state index in [4.69, 9.17) is 23.4 Å². The molecular formula is C26H23NO7. The number of aryl methyl sites for hydroxylation is 1. The van der Waals surface area contributed by atoms with Gasteiger partial charge in [-0.1, -0.05) is 18.2 Å². The molecule has 0 unspecified atom stereocenters. The van der Waals surface area contributed by atoms with Gasteiger partial charge in [-0.15, -0.1) is 0 Å². The zero-order valence-electron chi connectivity index (χ0n) is 19.3. The third kappa shape index (κ3) is 3.30. The fourth-order valence-electron chi connectivity index (χ4n) is 4.50. The van der Waals surface area contributed by atoms with Crippen LogP contribution in [0.5, 0.6) is 17.2 Å². The lowest BCUT2D eigenvalue weighted by Crippen LogP contribution is -2.33. The molecule has 8 heteroatoms. The van der Waals surface area contributed by atoms with E-state index in [2.05, 4.69) is 0 Å². The quantitative estimate of drug-likeness (QED) is 0.251. The second kappa shape index (κ2) is 8.30. The first-order valence-electron chi connectivity index (χ1n) is 10.7. The highest BCUT2D eigenvalue weighted by Gasteiger charge is 2.27. The van der Waals surface area contributed by atoms with Crippen LogP contribution in [0.4, 0.5) is 5.69 Å². The van der Waals surface area contributed by atoms with Crippen molar-refractivity contribution in [1.29, 1.82) is 0 Å². The molecule has 5 rings (SSSR count). The Morgan fingerprint density at radius 2 is 1.68 bits per heavy atom. The van der Waals surface area contributed by atoms with Crippen molar-refractivity contribution in [3.63, 3.8) is 0 Å². The van der Waals surface area contributed by atoms with Crippen molar-refractivity contribution >= 4 is 33.4 Å². The normalized spacial score (nSPS) is 12.9. The number of ether oxygens (including phenoxy) is 4. The van der Waals surface area contributed by atoms with Gasteiger partial charge in [0.1, 0.15) is 11.3 Å². The van der Waals surface area contributed by atoms with Gasteiger partial charge in [-0.2, -0.15) is 0 Å². The molecule has 0 saturated carbocycles. The second-order valence-corrected chi connectivity index (χ2v) is 7.99. The molecule has 0 saturated heterocycles. The van der Waals surface area contributed by atoms with E-state index in [0.717, 1.165) is 21.9 Å². The Morgan fingerprint density at radius 1 is 0.971 bits per heavy atom. The number of methoxy groups -OCH3 is 3. The Bertz CT molecular complexity index is 1510. The lowest BCUT2D eigenvalue weighted by molar-refractivity contribution is 0.0600. The van der Waals surface area contributed by atoms with Gasteiger partial charge >= 0.3 is 11.6 Å². The largest absolute Gasteiger partial charge is 0.493 e. The second-order valence-electron chi connectivity index (χ2n) is 7.99. The van der Waals surface area contributed by atoms with Crippen LogP contribution in [0.15, 0.2) is 51.7 Å². The first-order chi connectivity index (χ1) is 16.5. The number of rotatable bonds is 4. The van der Waals surface area contributed by atoms with E-state index in [1.54, 1.807) is 18.2 Å². The topological polar surface area (TPSA) is 87.4 Å². The zero-order valence-corrected chi connectivity index (χ0v) is 19.3. The van der Waals surface area contributed by atoms with Gasteiger partial charge < -0.3 is 28.3 Å². The molecular weight excluding hydrogens is 438 g/mol. The Labute approximate surface area is 195 Å². The summed E-state index contributed by atoms with van der Waals surface area (Å²) in [5, 5.41) is 2.17. The maximum Gasteiger partial charge on any atom is 0.344 e. The number of hydrogen-bond acceptors (Lipinski definition) is 8. The summed E-state index contributed by atoms with van der Waals surface area (Å²) in [5.74, 6) is 1.08. The fourth-order valence-corrected chi connectivity index (χ4v) is 4.50. The van der Waals surface area contributed by atoms with Gasteiger partial charge in [0.2, 0.25) is 0 Å². The number of carbonyl (C=O) groups excluding carboxylic acids is 1. The van der Waals surface area contributed by atoms with E-state index in [1.807, 2.05) is 36.1 Å². The van der Waals surface area contributed by atoms with Crippen LogP contribution in [-0.2, 0) is 11.3 Å². The lowest BCUT2D eigenvalue weighted by Gasteiger charge is -2.33. The van der Waals surface area contributed by atoms with Crippen LogP contribution in [0.25, 0.3) is 21.7 Å². The minimum Gasteiger partial charge on any atom is -0.493 e. The van der Waals surface area contributed by atoms with E-state index < -0.39 is 5.97 Å². The maximum absolute atomic E-state index is 12.6. The van der Waals surface area contributed by atoms with E-state index >= 15 is 0 Å². The first kappa shape index (κ1) is 21.6. The van der Waals surface area contributed by atoms with Crippen molar-refractivity contribution in [1.82, 2.24) is 0 Å². The number of esters is 1. The molecule has 2 heterocycles. The van der Waals surface area contributed by atoms with Crippen LogP contribution in [0.1, 0.15) is 21.5 Å². The first-order valence-corrected chi connectivity index (χ1v) is 10.7. The summed E-state index contributed by atoms with van der Waals surface area (Å²) >= 11 is 0. The minimum atomic E-state index is -0.496. The predicted molar refractivity (Wildman–Crippen MR) is 127 cm³/mol. The number of benzene rings is 3. The summed E-state index contributed by atoms with van der Waals surface area (Å²) in [7, 11) is 4.38. The molecule has 0 fully saturated rings. The van der Waals surface area contributed by atoms with Gasteiger partial charge in [0.25, 0.3) is 0 Å². The Kier molecular flexibility index (Phi) is 5.28. The van der Waals surface area contributed by atoms with Gasteiger partial charge in [-0.25, -0.2) is 9.59 Å².